The number of aliphatic carboxylic acids is 1. The maximum absolute atomic E-state index is 12.4. The van der Waals surface area contributed by atoms with E-state index in [1.54, 1.807) is 36.4 Å². The van der Waals surface area contributed by atoms with Gasteiger partial charge in [-0.1, -0.05) is 11.6 Å². The molecule has 8 nitrogen and oxygen atoms in total. The van der Waals surface area contributed by atoms with Gasteiger partial charge in [0.25, 0.3) is 5.91 Å². The van der Waals surface area contributed by atoms with E-state index in [9.17, 15) is 9.59 Å². The zero-order valence-corrected chi connectivity index (χ0v) is 20.0. The molecule has 2 aromatic carbocycles. The highest BCUT2D eigenvalue weighted by Crippen LogP contribution is 2.37. The van der Waals surface area contributed by atoms with Gasteiger partial charge in [-0.3, -0.25) is 4.79 Å². The number of thioether (sulfide) groups is 1. The van der Waals surface area contributed by atoms with Crippen molar-refractivity contribution in [1.82, 2.24) is 5.32 Å². The number of ether oxygens (including phenoxy) is 3. The Balaban J connectivity index is 1.88. The van der Waals surface area contributed by atoms with Crippen molar-refractivity contribution in [1.29, 1.82) is 0 Å². The average molecular weight is 575 g/mol. The number of aliphatic imine (C=N–C) groups is 1. The number of nitrogens with zero attached hydrogens (tertiary/aromatic N) is 1. The molecule has 31 heavy (non-hydrogen) atoms. The largest absolute Gasteiger partial charge is 0.494 e. The lowest BCUT2D eigenvalue weighted by Gasteiger charge is -2.12. The molecule has 0 spiro atoms. The molecule has 0 aromatic heterocycles. The number of amides is 1. The topological polar surface area (TPSA) is 106 Å². The summed E-state index contributed by atoms with van der Waals surface area (Å²) >= 11 is 9.22. The summed E-state index contributed by atoms with van der Waals surface area (Å²) in [7, 11) is 2.98. The van der Waals surface area contributed by atoms with Gasteiger partial charge in [0.05, 0.1) is 22.7 Å². The molecule has 0 bridgehead atoms. The Labute approximate surface area is 200 Å². The summed E-state index contributed by atoms with van der Waals surface area (Å²) in [5.74, 6) is -0.177. The van der Waals surface area contributed by atoms with Crippen molar-refractivity contribution >= 4 is 74.8 Å². The molecule has 0 atom stereocenters. The zero-order valence-electron chi connectivity index (χ0n) is 16.3. The van der Waals surface area contributed by atoms with E-state index in [4.69, 9.17) is 30.9 Å². The fraction of sp³-hybridized carbons (Fsp3) is 0.150. The Morgan fingerprint density at radius 1 is 1.26 bits per heavy atom. The summed E-state index contributed by atoms with van der Waals surface area (Å²) in [5.41, 5.74) is 1.18. The van der Waals surface area contributed by atoms with Crippen LogP contribution >= 0.6 is 46.0 Å². The molecule has 11 heteroatoms. The van der Waals surface area contributed by atoms with Crippen molar-refractivity contribution in [3.8, 4) is 17.2 Å². The summed E-state index contributed by atoms with van der Waals surface area (Å²) < 4.78 is 16.5. The molecule has 1 amide bonds. The van der Waals surface area contributed by atoms with Gasteiger partial charge in [0.2, 0.25) is 0 Å². The fourth-order valence-corrected chi connectivity index (χ4v) is 4.37. The number of nitrogens with one attached hydrogen (secondary N) is 1. The summed E-state index contributed by atoms with van der Waals surface area (Å²) in [6.07, 6.45) is 1.68. The number of carbonyl (C=O) groups excluding carboxylic acids is 1. The summed E-state index contributed by atoms with van der Waals surface area (Å²) in [5, 5.41) is 12.4. The highest BCUT2D eigenvalue weighted by atomic mass is 127. The molecular weight excluding hydrogens is 559 g/mol. The quantitative estimate of drug-likeness (QED) is 0.375. The van der Waals surface area contributed by atoms with Crippen LogP contribution < -0.4 is 19.5 Å². The number of benzene rings is 2. The van der Waals surface area contributed by atoms with Crippen LogP contribution in [0.5, 0.6) is 17.2 Å². The maximum atomic E-state index is 12.4. The standard InChI is InChI=1S/C20H16ClIN2O6S/c1-28-14-4-3-11(21)8-13(14)23-20-24-19(27)16(31-20)7-10-5-12(22)18(15(6-10)29-2)30-9-17(25)26/h3-8H,9H2,1-2H3,(H,25,26)(H,23,24,27)/b16-7-. The number of hydrogen-bond acceptors (Lipinski definition) is 7. The Morgan fingerprint density at radius 2 is 2.00 bits per heavy atom. The van der Waals surface area contributed by atoms with Crippen LogP contribution in [0.2, 0.25) is 5.02 Å². The molecule has 1 aliphatic rings. The van der Waals surface area contributed by atoms with Crippen molar-refractivity contribution in [2.75, 3.05) is 20.8 Å². The van der Waals surface area contributed by atoms with Gasteiger partial charge in [0.1, 0.15) is 11.4 Å². The van der Waals surface area contributed by atoms with Gasteiger partial charge in [-0.2, -0.15) is 0 Å². The van der Waals surface area contributed by atoms with Crippen LogP contribution in [-0.4, -0.2) is 43.0 Å². The van der Waals surface area contributed by atoms with Gasteiger partial charge in [-0.25, -0.2) is 9.79 Å². The lowest BCUT2D eigenvalue weighted by atomic mass is 10.2. The molecule has 2 N–H and O–H groups in total. The van der Waals surface area contributed by atoms with Crippen LogP contribution in [0, 0.1) is 3.57 Å². The van der Waals surface area contributed by atoms with E-state index in [-0.39, 0.29) is 5.91 Å². The first-order valence-corrected chi connectivity index (χ1v) is 10.9. The number of halogens is 2. The van der Waals surface area contributed by atoms with Crippen molar-refractivity contribution in [3.05, 3.63) is 49.4 Å². The fourth-order valence-electron chi connectivity index (χ4n) is 2.59. The van der Waals surface area contributed by atoms with E-state index in [1.807, 2.05) is 22.6 Å². The van der Waals surface area contributed by atoms with Gasteiger partial charge in [0, 0.05) is 5.02 Å². The highest BCUT2D eigenvalue weighted by molar-refractivity contribution is 14.1. The van der Waals surface area contributed by atoms with E-state index in [1.165, 1.54) is 26.0 Å². The number of amidine groups is 1. The first-order chi connectivity index (χ1) is 14.8. The third-order valence-corrected chi connectivity index (χ3v) is 5.85. The van der Waals surface area contributed by atoms with Crippen molar-refractivity contribution < 1.29 is 28.9 Å². The van der Waals surface area contributed by atoms with Gasteiger partial charge in [-0.15, -0.1) is 0 Å². The Morgan fingerprint density at radius 3 is 2.68 bits per heavy atom. The zero-order chi connectivity index (χ0) is 22.5. The summed E-state index contributed by atoms with van der Waals surface area (Å²) in [6.45, 7) is -0.488. The van der Waals surface area contributed by atoms with Crippen molar-refractivity contribution in [2.45, 2.75) is 0 Å². The SMILES string of the molecule is COc1ccc(Cl)cc1N=C1NC(=O)/C(=C/c2cc(I)c(OCC(=O)O)c(OC)c2)S1. The summed E-state index contributed by atoms with van der Waals surface area (Å²) in [4.78, 5) is 28.1. The van der Waals surface area contributed by atoms with Crippen molar-refractivity contribution in [2.24, 2.45) is 4.99 Å². The third kappa shape index (κ3) is 5.83. The molecule has 0 aliphatic carbocycles. The van der Waals surface area contributed by atoms with Crippen LogP contribution in [0.1, 0.15) is 5.56 Å². The average Bonchev–Trinajstić information content (AvgIpc) is 3.05. The normalized spacial score (nSPS) is 15.8. The molecule has 0 radical (unpaired) electrons. The van der Waals surface area contributed by atoms with Crippen molar-refractivity contribution in [3.63, 3.8) is 0 Å². The van der Waals surface area contributed by atoms with Crippen LogP contribution in [-0.2, 0) is 9.59 Å². The van der Waals surface area contributed by atoms with E-state index in [0.29, 0.717) is 47.2 Å². The molecule has 2 aromatic rings. The van der Waals surface area contributed by atoms with E-state index in [0.717, 1.165) is 0 Å². The molecule has 0 unspecified atom stereocenters. The smallest absolute Gasteiger partial charge is 0.341 e. The first-order valence-electron chi connectivity index (χ1n) is 8.66. The number of methoxy groups -OCH3 is 2. The Hall–Kier alpha value is -2.44. The molecule has 1 fully saturated rings. The lowest BCUT2D eigenvalue weighted by molar-refractivity contribution is -0.139. The Kier molecular flexibility index (Phi) is 7.68. The summed E-state index contributed by atoms with van der Waals surface area (Å²) in [6, 6.07) is 8.45. The predicted octanol–water partition coefficient (Wildman–Crippen LogP) is 4.32. The number of rotatable bonds is 7. The molecule has 1 saturated heterocycles. The maximum Gasteiger partial charge on any atom is 0.341 e. The monoisotopic (exact) mass is 574 g/mol. The minimum atomic E-state index is -1.09. The van der Waals surface area contributed by atoms with Gasteiger partial charge in [0.15, 0.2) is 23.3 Å². The number of carbonyl (C=O) groups is 2. The second-order valence-electron chi connectivity index (χ2n) is 6.01. The Bertz CT molecular complexity index is 1110. The van der Waals surface area contributed by atoms with Crippen LogP contribution in [0.4, 0.5) is 5.69 Å². The molecule has 0 saturated carbocycles. The van der Waals surface area contributed by atoms with Crippen LogP contribution in [0.15, 0.2) is 40.2 Å². The second kappa shape index (κ2) is 10.2. The molecule has 1 heterocycles. The van der Waals surface area contributed by atoms with E-state index in [2.05, 4.69) is 10.3 Å². The lowest BCUT2D eigenvalue weighted by Crippen LogP contribution is -2.19. The minimum absolute atomic E-state index is 0.301. The number of hydrogen-bond donors (Lipinski definition) is 2. The van der Waals surface area contributed by atoms with Gasteiger partial charge < -0.3 is 24.6 Å². The highest BCUT2D eigenvalue weighted by Gasteiger charge is 2.25. The predicted molar refractivity (Wildman–Crippen MR) is 128 cm³/mol. The molecular formula is C20H16ClIN2O6S. The molecule has 162 valence electrons. The van der Waals surface area contributed by atoms with E-state index >= 15 is 0 Å². The van der Waals surface area contributed by atoms with Crippen LogP contribution in [0.3, 0.4) is 0 Å². The molecule has 1 aliphatic heterocycles. The second-order valence-corrected chi connectivity index (χ2v) is 8.64. The third-order valence-electron chi connectivity index (χ3n) is 3.90. The number of carboxylic acid groups (broad SMARTS) is 1. The van der Waals surface area contributed by atoms with Gasteiger partial charge >= 0.3 is 5.97 Å². The minimum Gasteiger partial charge on any atom is -0.494 e. The van der Waals surface area contributed by atoms with Gasteiger partial charge in [-0.05, 0) is 76.3 Å². The van der Waals surface area contributed by atoms with Crippen LogP contribution in [0.25, 0.3) is 6.08 Å². The number of carboxylic acids is 1. The van der Waals surface area contributed by atoms with E-state index < -0.39 is 12.6 Å². The first kappa shape index (κ1) is 23.2. The molecule has 3 rings (SSSR count).